The number of rotatable bonds is 32. The van der Waals surface area contributed by atoms with Gasteiger partial charge >= 0.3 is 44.9 Å². The van der Waals surface area contributed by atoms with Gasteiger partial charge in [-0.2, -0.15) is 0 Å². The van der Waals surface area contributed by atoms with Gasteiger partial charge in [0.05, 0.1) is 13.2 Å². The Labute approximate surface area is 451 Å². The van der Waals surface area contributed by atoms with Crippen molar-refractivity contribution in [1.29, 1.82) is 0 Å². The summed E-state index contributed by atoms with van der Waals surface area (Å²) in [7, 11) is -6.61. The van der Waals surface area contributed by atoms with Crippen LogP contribution in [0.25, 0.3) is 0 Å². The molecule has 2 aliphatic rings. The molecule has 0 radical (unpaired) electrons. The highest BCUT2D eigenvalue weighted by molar-refractivity contribution is 6.87. The molecular weight excluding hydrogens is 1020 g/mol. The minimum atomic E-state index is -2.45. The molecule has 4 unspecified atom stereocenters. The summed E-state index contributed by atoms with van der Waals surface area (Å²) in [6.07, 6.45) is 3.94. The SMILES string of the molecule is C=C(C)C(=O)OCCOC(=O)NCC1(C)CC(NC(=O)OCCOCCC[Si](C)(C)O[Si](C)(C)O[Si](C)(C)CCCOCCOC(=O)NC2CC(C)(C)CC(C)(CNC(=O)OCCOC(=O)C(=C)C)C2)CC(C)(C)C1. The molecule has 75 heavy (non-hydrogen) atoms. The molecule has 2 rings (SSSR count). The average molecular weight is 1120 g/mol. The summed E-state index contributed by atoms with van der Waals surface area (Å²) in [6.45, 7) is 38.2. The van der Waals surface area contributed by atoms with Crippen molar-refractivity contribution < 1.29 is 74.9 Å². The summed E-state index contributed by atoms with van der Waals surface area (Å²) in [5.41, 5.74) is -0.229. The van der Waals surface area contributed by atoms with E-state index in [1.165, 1.54) is 0 Å². The number of hydrogen-bond acceptors (Lipinski definition) is 16. The Kier molecular flexibility index (Phi) is 27.6. The second kappa shape index (κ2) is 30.8. The van der Waals surface area contributed by atoms with Crippen LogP contribution in [0.5, 0.6) is 0 Å². The molecule has 2 aliphatic carbocycles. The number of carbonyl (C=O) groups is 6. The Morgan fingerprint density at radius 3 is 1.13 bits per heavy atom. The van der Waals surface area contributed by atoms with E-state index in [0.717, 1.165) is 50.6 Å². The van der Waals surface area contributed by atoms with Gasteiger partial charge in [0.15, 0.2) is 16.6 Å². The van der Waals surface area contributed by atoms with Gasteiger partial charge in [0.2, 0.25) is 0 Å². The maximum absolute atomic E-state index is 12.8. The Bertz CT molecular complexity index is 1770. The number of hydrogen-bond donors (Lipinski definition) is 4. The van der Waals surface area contributed by atoms with Crippen LogP contribution in [-0.2, 0) is 55.7 Å². The molecule has 4 N–H and O–H groups in total. The molecular formula is C52H96N4O16Si3. The molecule has 0 saturated heterocycles. The summed E-state index contributed by atoms with van der Waals surface area (Å²) >= 11 is 0. The highest BCUT2D eigenvalue weighted by Crippen LogP contribution is 2.47. The molecule has 2 fully saturated rings. The molecule has 0 spiro atoms. The van der Waals surface area contributed by atoms with E-state index < -0.39 is 61.5 Å². The number of esters is 2. The number of carbonyl (C=O) groups excluding carboxylic acids is 6. The lowest BCUT2D eigenvalue weighted by Crippen LogP contribution is -2.52. The number of ether oxygens (including phenoxy) is 8. The molecule has 0 aromatic carbocycles. The molecule has 20 nitrogen and oxygen atoms in total. The van der Waals surface area contributed by atoms with Crippen LogP contribution in [0, 0.1) is 21.7 Å². The van der Waals surface area contributed by atoms with Crippen molar-refractivity contribution in [2.75, 3.05) is 79.2 Å². The van der Waals surface area contributed by atoms with E-state index >= 15 is 0 Å². The van der Waals surface area contributed by atoms with Crippen molar-refractivity contribution in [3.05, 3.63) is 24.3 Å². The van der Waals surface area contributed by atoms with Crippen LogP contribution < -0.4 is 21.3 Å². The lowest BCUT2D eigenvalue weighted by atomic mass is 9.62. The van der Waals surface area contributed by atoms with E-state index in [2.05, 4.69) is 115 Å². The van der Waals surface area contributed by atoms with Gasteiger partial charge in [0.25, 0.3) is 0 Å². The largest absolute Gasteiger partial charge is 0.459 e. The second-order valence-electron chi connectivity index (χ2n) is 24.4. The number of amides is 4. The first kappa shape index (κ1) is 67.1. The maximum atomic E-state index is 12.8. The first-order valence-corrected chi connectivity index (χ1v) is 35.6. The third kappa shape index (κ3) is 29.9. The van der Waals surface area contributed by atoms with Gasteiger partial charge in [-0.1, -0.05) is 54.7 Å². The number of alkyl carbamates (subject to hydrolysis) is 4. The van der Waals surface area contributed by atoms with E-state index in [4.69, 9.17) is 46.1 Å². The van der Waals surface area contributed by atoms with E-state index in [1.54, 1.807) is 13.8 Å². The van der Waals surface area contributed by atoms with Crippen LogP contribution in [0.15, 0.2) is 24.3 Å². The van der Waals surface area contributed by atoms with E-state index in [-0.39, 0.29) is 97.7 Å². The van der Waals surface area contributed by atoms with Crippen LogP contribution >= 0.6 is 0 Å². The first-order valence-electron chi connectivity index (χ1n) is 26.5. The van der Waals surface area contributed by atoms with Gasteiger partial charge in [-0.3, -0.25) is 0 Å². The molecule has 0 bridgehead atoms. The lowest BCUT2D eigenvalue weighted by molar-refractivity contribution is -0.140. The minimum absolute atomic E-state index is 0.0581. The molecule has 0 aromatic rings. The van der Waals surface area contributed by atoms with Crippen LogP contribution in [0.3, 0.4) is 0 Å². The van der Waals surface area contributed by atoms with Gasteiger partial charge in [0, 0.05) is 49.5 Å². The van der Waals surface area contributed by atoms with Gasteiger partial charge in [-0.25, -0.2) is 28.8 Å². The predicted octanol–water partition coefficient (Wildman–Crippen LogP) is 9.26. The molecule has 4 amide bonds. The third-order valence-electron chi connectivity index (χ3n) is 12.7. The van der Waals surface area contributed by atoms with Crippen molar-refractivity contribution in [2.24, 2.45) is 21.7 Å². The predicted molar refractivity (Wildman–Crippen MR) is 293 cm³/mol. The Balaban J connectivity index is 1.61. The summed E-state index contributed by atoms with van der Waals surface area (Å²) in [6, 6.07) is 1.51. The van der Waals surface area contributed by atoms with E-state index in [1.807, 2.05) is 0 Å². The molecule has 0 heterocycles. The molecule has 0 aromatic heterocycles. The fraction of sp³-hybridized carbons (Fsp3) is 0.808. The minimum Gasteiger partial charge on any atom is -0.459 e. The Morgan fingerprint density at radius 2 is 0.787 bits per heavy atom. The standard InChI is InChI=1S/C52H96N4O16Si3/c1-39(2)43(57)65-25-27-67-45(59)53-37-51(9)33-41(31-49(5,6)35-51)55-47(61)69-23-21-63-19-17-29-73(11,12)71-75(15,16)72-74(13,14)30-18-20-64-22-24-70-48(62)56-42-32-50(7,8)36-52(10,34-42)38-54-46(60)68-28-26-66-44(58)40(3)4/h41-42H,1,3,17-38H2,2,4-16H3,(H,53,59)(H,54,60)(H,55,61)(H,56,62). The average Bonchev–Trinajstić information content (AvgIpc) is 3.24. The molecule has 2 saturated carbocycles. The summed E-state index contributed by atoms with van der Waals surface area (Å²) in [4.78, 5) is 73.3. The van der Waals surface area contributed by atoms with Gasteiger partial charge in [0.1, 0.15) is 39.6 Å². The zero-order valence-corrected chi connectivity index (χ0v) is 51.2. The molecule has 0 aliphatic heterocycles. The Morgan fingerprint density at radius 1 is 0.467 bits per heavy atom. The lowest BCUT2D eigenvalue weighted by Gasteiger charge is -2.46. The zero-order valence-electron chi connectivity index (χ0n) is 48.2. The molecule has 23 heteroatoms. The zero-order chi connectivity index (χ0) is 56.7. The van der Waals surface area contributed by atoms with Crippen LogP contribution in [0.1, 0.15) is 107 Å². The number of nitrogens with one attached hydrogen (secondary N) is 4. The summed E-state index contributed by atoms with van der Waals surface area (Å²) < 4.78 is 56.4. The smallest absolute Gasteiger partial charge is 0.407 e. The van der Waals surface area contributed by atoms with Crippen molar-refractivity contribution in [1.82, 2.24) is 21.3 Å². The normalized spacial score (nSPS) is 21.4. The first-order chi connectivity index (χ1) is 34.6. The quantitative estimate of drug-likeness (QED) is 0.0161. The fourth-order valence-electron chi connectivity index (χ4n) is 10.9. The van der Waals surface area contributed by atoms with Gasteiger partial charge in [-0.15, -0.1) is 0 Å². The summed E-state index contributed by atoms with van der Waals surface area (Å²) in [5, 5.41) is 11.7. The van der Waals surface area contributed by atoms with Gasteiger partial charge < -0.3 is 67.4 Å². The molecule has 4 atom stereocenters. The van der Waals surface area contributed by atoms with Gasteiger partial charge in [-0.05, 0) is 138 Å². The van der Waals surface area contributed by atoms with Crippen molar-refractivity contribution in [2.45, 2.75) is 170 Å². The third-order valence-corrected chi connectivity index (χ3v) is 24.2. The topological polar surface area (TPSA) is 243 Å². The molecule has 432 valence electrons. The van der Waals surface area contributed by atoms with E-state index in [9.17, 15) is 28.8 Å². The van der Waals surface area contributed by atoms with Crippen molar-refractivity contribution in [3.8, 4) is 0 Å². The second-order valence-corrected chi connectivity index (χ2v) is 36.9. The highest BCUT2D eigenvalue weighted by atomic mass is 28.5. The summed E-state index contributed by atoms with van der Waals surface area (Å²) in [5.74, 6) is -1.07. The monoisotopic (exact) mass is 1120 g/mol. The van der Waals surface area contributed by atoms with Crippen LogP contribution in [0.4, 0.5) is 19.2 Å². The highest BCUT2D eigenvalue weighted by Gasteiger charge is 2.44. The maximum Gasteiger partial charge on any atom is 0.407 e. The van der Waals surface area contributed by atoms with Crippen LogP contribution in [0.2, 0.25) is 51.4 Å². The van der Waals surface area contributed by atoms with E-state index in [0.29, 0.717) is 39.1 Å². The van der Waals surface area contributed by atoms with Crippen molar-refractivity contribution >= 4 is 61.5 Å². The Hall–Kier alpha value is -4.01. The fourth-order valence-corrected chi connectivity index (χ4v) is 24.9. The van der Waals surface area contributed by atoms with Crippen molar-refractivity contribution in [3.63, 3.8) is 0 Å². The van der Waals surface area contributed by atoms with Crippen LogP contribution in [-0.4, -0.2) is 153 Å².